The number of hydrogen-bond donors (Lipinski definition) is 1. The zero-order chi connectivity index (χ0) is 11.7. The molecule has 0 aromatic heterocycles. The molecule has 2 amide bonds. The van der Waals surface area contributed by atoms with E-state index in [0.717, 1.165) is 10.5 Å². The van der Waals surface area contributed by atoms with Crippen molar-refractivity contribution in [2.45, 2.75) is 12.8 Å². The zero-order valence-corrected chi connectivity index (χ0v) is 9.33. The standard InChI is InChI=1S/C11H11ClN2O2/c12-6-11(16)14-9-3-2-8(13)5-7(9)1-4-10(14)15/h2-3,5H,1,4,6,13H2. The predicted octanol–water partition coefficient (Wildman–Crippen LogP) is 1.31. The Morgan fingerprint density at radius 2 is 2.19 bits per heavy atom. The molecule has 0 saturated carbocycles. The third-order valence-corrected chi connectivity index (χ3v) is 2.79. The van der Waals surface area contributed by atoms with E-state index in [1.807, 2.05) is 0 Å². The lowest BCUT2D eigenvalue weighted by atomic mass is 10.0. The summed E-state index contributed by atoms with van der Waals surface area (Å²) in [5.74, 6) is -0.796. The van der Waals surface area contributed by atoms with Gasteiger partial charge in [0.2, 0.25) is 11.8 Å². The Balaban J connectivity index is 2.48. The minimum absolute atomic E-state index is 0.199. The number of amides is 2. The molecule has 1 aromatic carbocycles. The van der Waals surface area contributed by atoms with Gasteiger partial charge in [-0.25, -0.2) is 4.90 Å². The number of benzene rings is 1. The van der Waals surface area contributed by atoms with E-state index in [1.54, 1.807) is 18.2 Å². The van der Waals surface area contributed by atoms with Gasteiger partial charge in [0.15, 0.2) is 0 Å². The summed E-state index contributed by atoms with van der Waals surface area (Å²) in [6.45, 7) is 0. The van der Waals surface area contributed by atoms with Crippen LogP contribution in [0.25, 0.3) is 0 Å². The molecule has 1 aliphatic heterocycles. The summed E-state index contributed by atoms with van der Waals surface area (Å²) in [7, 11) is 0. The fourth-order valence-corrected chi connectivity index (χ4v) is 1.96. The van der Waals surface area contributed by atoms with E-state index in [4.69, 9.17) is 17.3 Å². The predicted molar refractivity (Wildman–Crippen MR) is 62.4 cm³/mol. The Hall–Kier alpha value is -1.55. The van der Waals surface area contributed by atoms with Gasteiger partial charge in [0.25, 0.3) is 0 Å². The van der Waals surface area contributed by atoms with Crippen LogP contribution in [0.1, 0.15) is 12.0 Å². The van der Waals surface area contributed by atoms with Crippen molar-refractivity contribution in [2.24, 2.45) is 0 Å². The average Bonchev–Trinajstić information content (AvgIpc) is 2.28. The molecule has 2 N–H and O–H groups in total. The minimum Gasteiger partial charge on any atom is -0.399 e. The summed E-state index contributed by atoms with van der Waals surface area (Å²) in [5, 5.41) is 0. The van der Waals surface area contributed by atoms with Gasteiger partial charge in [-0.2, -0.15) is 0 Å². The van der Waals surface area contributed by atoms with Crippen LogP contribution in [0.15, 0.2) is 18.2 Å². The number of nitrogens with two attached hydrogens (primary N) is 1. The first-order valence-corrected chi connectivity index (χ1v) is 5.47. The Morgan fingerprint density at radius 1 is 1.44 bits per heavy atom. The highest BCUT2D eigenvalue weighted by Gasteiger charge is 2.28. The molecule has 0 aliphatic carbocycles. The molecule has 2 rings (SSSR count). The summed E-state index contributed by atoms with van der Waals surface area (Å²) >= 11 is 5.48. The summed E-state index contributed by atoms with van der Waals surface area (Å²) in [5.41, 5.74) is 7.81. The molecule has 4 nitrogen and oxygen atoms in total. The first kappa shape index (κ1) is 11.0. The van der Waals surface area contributed by atoms with Crippen molar-refractivity contribution in [3.63, 3.8) is 0 Å². The third kappa shape index (κ3) is 1.76. The summed E-state index contributed by atoms with van der Waals surface area (Å²) < 4.78 is 0. The monoisotopic (exact) mass is 238 g/mol. The second kappa shape index (κ2) is 4.14. The number of anilines is 2. The second-order valence-electron chi connectivity index (χ2n) is 3.64. The molecule has 1 heterocycles. The van der Waals surface area contributed by atoms with Gasteiger partial charge in [-0.1, -0.05) is 0 Å². The molecule has 84 valence electrons. The number of carbonyl (C=O) groups excluding carboxylic acids is 2. The number of carbonyl (C=O) groups is 2. The lowest BCUT2D eigenvalue weighted by Crippen LogP contribution is -2.41. The van der Waals surface area contributed by atoms with Gasteiger partial charge >= 0.3 is 0 Å². The van der Waals surface area contributed by atoms with Crippen LogP contribution in [0.4, 0.5) is 11.4 Å². The molecule has 0 radical (unpaired) electrons. The number of hydrogen-bond acceptors (Lipinski definition) is 3. The zero-order valence-electron chi connectivity index (χ0n) is 8.57. The number of fused-ring (bicyclic) bond motifs is 1. The van der Waals surface area contributed by atoms with Gasteiger partial charge in [0, 0.05) is 12.1 Å². The normalized spacial score (nSPS) is 14.8. The van der Waals surface area contributed by atoms with E-state index >= 15 is 0 Å². The van der Waals surface area contributed by atoms with Gasteiger partial charge in [-0.15, -0.1) is 11.6 Å². The average molecular weight is 239 g/mol. The largest absolute Gasteiger partial charge is 0.399 e. The molecule has 0 fully saturated rings. The second-order valence-corrected chi connectivity index (χ2v) is 3.91. The van der Waals surface area contributed by atoms with Crippen molar-refractivity contribution in [1.82, 2.24) is 0 Å². The van der Waals surface area contributed by atoms with Crippen molar-refractivity contribution >= 4 is 34.8 Å². The highest BCUT2D eigenvalue weighted by atomic mass is 35.5. The van der Waals surface area contributed by atoms with Crippen LogP contribution in [0, 0.1) is 0 Å². The van der Waals surface area contributed by atoms with Gasteiger partial charge in [-0.3, -0.25) is 9.59 Å². The Labute approximate surface area is 98.0 Å². The van der Waals surface area contributed by atoms with Crippen molar-refractivity contribution in [3.05, 3.63) is 23.8 Å². The lowest BCUT2D eigenvalue weighted by Gasteiger charge is -2.27. The van der Waals surface area contributed by atoms with Crippen LogP contribution in [0.2, 0.25) is 0 Å². The number of nitrogens with zero attached hydrogens (tertiary/aromatic N) is 1. The molecule has 16 heavy (non-hydrogen) atoms. The third-order valence-electron chi connectivity index (χ3n) is 2.57. The van der Waals surface area contributed by atoms with Crippen LogP contribution in [0.3, 0.4) is 0 Å². The molecule has 0 spiro atoms. The SMILES string of the molecule is Nc1ccc2c(c1)CCC(=O)N2C(=O)CCl. The van der Waals surface area contributed by atoms with Crippen LogP contribution in [-0.4, -0.2) is 17.7 Å². The minimum atomic E-state index is -0.391. The number of halogens is 1. The van der Waals surface area contributed by atoms with Gasteiger partial charge < -0.3 is 5.73 Å². The van der Waals surface area contributed by atoms with Crippen LogP contribution >= 0.6 is 11.6 Å². The fraction of sp³-hybridized carbons (Fsp3) is 0.273. The Kier molecular flexibility index (Phi) is 2.83. The maximum atomic E-state index is 11.7. The highest BCUT2D eigenvalue weighted by Crippen LogP contribution is 2.29. The first-order chi connectivity index (χ1) is 7.63. The number of alkyl halides is 1. The molecule has 1 aliphatic rings. The molecule has 0 atom stereocenters. The number of imide groups is 1. The highest BCUT2D eigenvalue weighted by molar-refractivity contribution is 6.33. The van der Waals surface area contributed by atoms with E-state index in [1.165, 1.54) is 0 Å². The summed E-state index contributed by atoms with van der Waals surface area (Å²) in [4.78, 5) is 24.4. The summed E-state index contributed by atoms with van der Waals surface area (Å²) in [6, 6.07) is 5.15. The number of nitrogen functional groups attached to an aromatic ring is 1. The van der Waals surface area contributed by atoms with E-state index < -0.39 is 5.91 Å². The van der Waals surface area contributed by atoms with E-state index in [9.17, 15) is 9.59 Å². The van der Waals surface area contributed by atoms with Crippen molar-refractivity contribution in [2.75, 3.05) is 16.5 Å². The van der Waals surface area contributed by atoms with Crippen LogP contribution in [-0.2, 0) is 16.0 Å². The maximum Gasteiger partial charge on any atom is 0.248 e. The molecule has 0 unspecified atom stereocenters. The van der Waals surface area contributed by atoms with E-state index in [-0.39, 0.29) is 11.8 Å². The van der Waals surface area contributed by atoms with Crippen molar-refractivity contribution < 1.29 is 9.59 Å². The van der Waals surface area contributed by atoms with Gasteiger partial charge in [0.1, 0.15) is 5.88 Å². The molecule has 5 heteroatoms. The van der Waals surface area contributed by atoms with Crippen molar-refractivity contribution in [1.29, 1.82) is 0 Å². The molecular weight excluding hydrogens is 228 g/mol. The fourth-order valence-electron chi connectivity index (χ4n) is 1.84. The smallest absolute Gasteiger partial charge is 0.248 e. The van der Waals surface area contributed by atoms with Crippen LogP contribution < -0.4 is 10.6 Å². The molecule has 1 aromatic rings. The van der Waals surface area contributed by atoms with Crippen LogP contribution in [0.5, 0.6) is 0 Å². The number of rotatable bonds is 1. The molecule has 0 bridgehead atoms. The number of aryl methyl sites for hydroxylation is 1. The van der Waals surface area contributed by atoms with Crippen molar-refractivity contribution in [3.8, 4) is 0 Å². The Morgan fingerprint density at radius 3 is 2.88 bits per heavy atom. The quantitative estimate of drug-likeness (QED) is 0.593. The molecular formula is C11H11ClN2O2. The topological polar surface area (TPSA) is 63.4 Å². The summed E-state index contributed by atoms with van der Waals surface area (Å²) in [6.07, 6.45) is 0.935. The lowest BCUT2D eigenvalue weighted by molar-refractivity contribution is -0.125. The van der Waals surface area contributed by atoms with Gasteiger partial charge in [-0.05, 0) is 30.2 Å². The molecule has 0 saturated heterocycles. The van der Waals surface area contributed by atoms with E-state index in [2.05, 4.69) is 0 Å². The van der Waals surface area contributed by atoms with Gasteiger partial charge in [0.05, 0.1) is 5.69 Å². The van der Waals surface area contributed by atoms with E-state index in [0.29, 0.717) is 24.2 Å². The first-order valence-electron chi connectivity index (χ1n) is 4.93. The maximum absolute atomic E-state index is 11.7. The Bertz CT molecular complexity index is 459.